The first-order valence-electron chi connectivity index (χ1n) is 7.11. The van der Waals surface area contributed by atoms with Crippen molar-refractivity contribution in [2.75, 3.05) is 16.8 Å². The Balaban J connectivity index is 1.72. The number of halogens is 1. The third-order valence-corrected chi connectivity index (χ3v) is 3.60. The van der Waals surface area contributed by atoms with Gasteiger partial charge in [-0.25, -0.2) is 4.39 Å². The maximum absolute atomic E-state index is 13.1. The van der Waals surface area contributed by atoms with E-state index in [9.17, 15) is 14.0 Å². The summed E-state index contributed by atoms with van der Waals surface area (Å²) in [5, 5.41) is 2.64. The largest absolute Gasteiger partial charge is 0.322 e. The molecule has 0 radical (unpaired) electrons. The molecule has 0 aliphatic carbocycles. The number of nitrogens with zero attached hydrogens (tertiary/aromatic N) is 1. The molecular formula is C17H15FN2O2. The molecule has 112 valence electrons. The lowest BCUT2D eigenvalue weighted by atomic mass is 10.1. The summed E-state index contributed by atoms with van der Waals surface area (Å²) in [6.45, 7) is 0.716. The number of carbonyl (C=O) groups excluding carboxylic acids is 2. The van der Waals surface area contributed by atoms with Crippen LogP contribution in [0.3, 0.4) is 0 Å². The SMILES string of the molecule is O=C(Nc1cccc(F)c1)c1ccc(N2CCCC2=O)cc1. The third-order valence-electron chi connectivity index (χ3n) is 3.60. The molecule has 1 aliphatic rings. The van der Waals surface area contributed by atoms with E-state index in [-0.39, 0.29) is 11.8 Å². The van der Waals surface area contributed by atoms with Crippen molar-refractivity contribution >= 4 is 23.2 Å². The molecule has 5 heteroatoms. The first-order valence-corrected chi connectivity index (χ1v) is 7.11. The summed E-state index contributed by atoms with van der Waals surface area (Å²) in [4.78, 5) is 25.5. The van der Waals surface area contributed by atoms with Gasteiger partial charge in [0.1, 0.15) is 5.82 Å². The number of amides is 2. The standard InChI is InChI=1S/C17H15FN2O2/c18-13-3-1-4-14(11-13)19-17(22)12-6-8-15(9-7-12)20-10-2-5-16(20)21/h1,3-4,6-9,11H,2,5,10H2,(H,19,22). The summed E-state index contributed by atoms with van der Waals surface area (Å²) in [5.41, 5.74) is 1.66. The quantitative estimate of drug-likeness (QED) is 0.946. The van der Waals surface area contributed by atoms with E-state index in [1.54, 1.807) is 35.2 Å². The Morgan fingerprint density at radius 3 is 2.55 bits per heavy atom. The van der Waals surface area contributed by atoms with E-state index in [1.807, 2.05) is 0 Å². The van der Waals surface area contributed by atoms with Crippen LogP contribution in [0.15, 0.2) is 48.5 Å². The molecule has 0 bridgehead atoms. The maximum atomic E-state index is 13.1. The van der Waals surface area contributed by atoms with Gasteiger partial charge in [0.05, 0.1) is 0 Å². The van der Waals surface area contributed by atoms with E-state index in [4.69, 9.17) is 0 Å². The topological polar surface area (TPSA) is 49.4 Å². The Labute approximate surface area is 127 Å². The Morgan fingerprint density at radius 2 is 1.91 bits per heavy atom. The highest BCUT2D eigenvalue weighted by Crippen LogP contribution is 2.22. The van der Waals surface area contributed by atoms with Crippen LogP contribution in [0.2, 0.25) is 0 Å². The van der Waals surface area contributed by atoms with Crippen molar-refractivity contribution in [2.45, 2.75) is 12.8 Å². The van der Waals surface area contributed by atoms with Gasteiger partial charge >= 0.3 is 0 Å². The normalized spacial score (nSPS) is 14.2. The highest BCUT2D eigenvalue weighted by Gasteiger charge is 2.21. The second-order valence-corrected chi connectivity index (χ2v) is 5.16. The summed E-state index contributed by atoms with van der Waals surface area (Å²) < 4.78 is 13.1. The Bertz CT molecular complexity index is 713. The number of carbonyl (C=O) groups is 2. The highest BCUT2D eigenvalue weighted by molar-refractivity contribution is 6.04. The Morgan fingerprint density at radius 1 is 1.14 bits per heavy atom. The van der Waals surface area contributed by atoms with Crippen LogP contribution >= 0.6 is 0 Å². The first kappa shape index (κ1) is 14.3. The molecule has 0 saturated carbocycles. The van der Waals surface area contributed by atoms with Gasteiger partial charge in [-0.15, -0.1) is 0 Å². The molecule has 3 rings (SSSR count). The van der Waals surface area contributed by atoms with Crippen molar-refractivity contribution in [1.29, 1.82) is 0 Å². The second-order valence-electron chi connectivity index (χ2n) is 5.16. The van der Waals surface area contributed by atoms with E-state index in [0.717, 1.165) is 12.1 Å². The minimum absolute atomic E-state index is 0.108. The van der Waals surface area contributed by atoms with Crippen molar-refractivity contribution < 1.29 is 14.0 Å². The van der Waals surface area contributed by atoms with Gasteiger partial charge in [0.25, 0.3) is 5.91 Å². The number of anilines is 2. The number of nitrogens with one attached hydrogen (secondary N) is 1. The van der Waals surface area contributed by atoms with Crippen LogP contribution in [0.1, 0.15) is 23.2 Å². The third kappa shape index (κ3) is 2.98. The van der Waals surface area contributed by atoms with E-state index in [2.05, 4.69) is 5.32 Å². The zero-order valence-corrected chi connectivity index (χ0v) is 11.9. The minimum Gasteiger partial charge on any atom is -0.322 e. The van der Waals surface area contributed by atoms with E-state index in [1.165, 1.54) is 18.2 Å². The van der Waals surface area contributed by atoms with E-state index in [0.29, 0.717) is 24.2 Å². The molecule has 22 heavy (non-hydrogen) atoms. The molecule has 2 amide bonds. The van der Waals surface area contributed by atoms with Gasteiger partial charge in [-0.1, -0.05) is 6.07 Å². The van der Waals surface area contributed by atoms with Gasteiger partial charge in [0, 0.05) is 29.9 Å². The van der Waals surface area contributed by atoms with Crippen molar-refractivity contribution in [1.82, 2.24) is 0 Å². The van der Waals surface area contributed by atoms with Crippen molar-refractivity contribution in [3.63, 3.8) is 0 Å². The smallest absolute Gasteiger partial charge is 0.255 e. The van der Waals surface area contributed by atoms with E-state index >= 15 is 0 Å². The summed E-state index contributed by atoms with van der Waals surface area (Å²) in [5.74, 6) is -0.609. The fraction of sp³-hybridized carbons (Fsp3) is 0.176. The van der Waals surface area contributed by atoms with Crippen LogP contribution in [0, 0.1) is 5.82 Å². The number of hydrogen-bond acceptors (Lipinski definition) is 2. The van der Waals surface area contributed by atoms with Crippen molar-refractivity contribution in [2.24, 2.45) is 0 Å². The zero-order valence-electron chi connectivity index (χ0n) is 11.9. The van der Waals surface area contributed by atoms with Crippen LogP contribution in [0.25, 0.3) is 0 Å². The molecule has 1 heterocycles. The monoisotopic (exact) mass is 298 g/mol. The first-order chi connectivity index (χ1) is 10.6. The van der Waals surface area contributed by atoms with Crippen LogP contribution in [0.5, 0.6) is 0 Å². The number of rotatable bonds is 3. The molecule has 0 aromatic heterocycles. The average Bonchev–Trinajstić information content (AvgIpc) is 2.93. The Kier molecular flexibility index (Phi) is 3.87. The van der Waals surface area contributed by atoms with E-state index < -0.39 is 5.82 Å². The van der Waals surface area contributed by atoms with Gasteiger partial charge in [0.2, 0.25) is 5.91 Å². The number of hydrogen-bond donors (Lipinski definition) is 1. The molecule has 0 unspecified atom stereocenters. The maximum Gasteiger partial charge on any atom is 0.255 e. The summed E-state index contributed by atoms with van der Waals surface area (Å²) in [7, 11) is 0. The average molecular weight is 298 g/mol. The van der Waals surface area contributed by atoms with Gasteiger partial charge in [-0.3, -0.25) is 9.59 Å². The summed E-state index contributed by atoms with van der Waals surface area (Å²) in [6.07, 6.45) is 1.43. The van der Waals surface area contributed by atoms with Gasteiger partial charge in [-0.05, 0) is 48.9 Å². The van der Waals surface area contributed by atoms with Gasteiger partial charge in [0.15, 0.2) is 0 Å². The van der Waals surface area contributed by atoms with Crippen LogP contribution in [-0.2, 0) is 4.79 Å². The van der Waals surface area contributed by atoms with Gasteiger partial charge in [-0.2, -0.15) is 0 Å². The van der Waals surface area contributed by atoms with Gasteiger partial charge < -0.3 is 10.2 Å². The second kappa shape index (κ2) is 5.97. The molecule has 4 nitrogen and oxygen atoms in total. The molecule has 1 saturated heterocycles. The molecule has 1 fully saturated rings. The molecule has 2 aromatic rings. The fourth-order valence-corrected chi connectivity index (χ4v) is 2.48. The minimum atomic E-state index is -0.402. The predicted octanol–water partition coefficient (Wildman–Crippen LogP) is 3.20. The Hall–Kier alpha value is -2.69. The summed E-state index contributed by atoms with van der Waals surface area (Å²) in [6, 6.07) is 12.6. The zero-order chi connectivity index (χ0) is 15.5. The predicted molar refractivity (Wildman–Crippen MR) is 82.4 cm³/mol. The van der Waals surface area contributed by atoms with Crippen LogP contribution in [-0.4, -0.2) is 18.4 Å². The highest BCUT2D eigenvalue weighted by atomic mass is 19.1. The molecule has 2 aromatic carbocycles. The number of benzene rings is 2. The van der Waals surface area contributed by atoms with Crippen LogP contribution in [0.4, 0.5) is 15.8 Å². The molecule has 0 atom stereocenters. The van der Waals surface area contributed by atoms with Crippen LogP contribution < -0.4 is 10.2 Å². The molecular weight excluding hydrogens is 283 g/mol. The van der Waals surface area contributed by atoms with Crippen molar-refractivity contribution in [3.8, 4) is 0 Å². The molecule has 0 spiro atoms. The lowest BCUT2D eigenvalue weighted by molar-refractivity contribution is -0.117. The fourth-order valence-electron chi connectivity index (χ4n) is 2.48. The lowest BCUT2D eigenvalue weighted by Gasteiger charge is -2.15. The summed E-state index contributed by atoms with van der Waals surface area (Å²) >= 11 is 0. The lowest BCUT2D eigenvalue weighted by Crippen LogP contribution is -2.23. The van der Waals surface area contributed by atoms with Crippen molar-refractivity contribution in [3.05, 3.63) is 59.9 Å². The molecule has 1 N–H and O–H groups in total. The molecule has 1 aliphatic heterocycles.